The zero-order valence-electron chi connectivity index (χ0n) is 18.0. The molecule has 1 amide bonds. The number of nitrogens with zero attached hydrogens (tertiary/aromatic N) is 4. The Morgan fingerprint density at radius 3 is 2.91 bits per heavy atom. The van der Waals surface area contributed by atoms with Crippen molar-refractivity contribution in [2.45, 2.75) is 26.7 Å². The van der Waals surface area contributed by atoms with Crippen molar-refractivity contribution in [2.75, 3.05) is 12.4 Å². The first-order valence-electron chi connectivity index (χ1n) is 10.2. The van der Waals surface area contributed by atoms with Gasteiger partial charge in [-0.3, -0.25) is 14.0 Å². The number of imidazole rings is 1. The number of esters is 1. The Morgan fingerprint density at radius 1 is 1.25 bits per heavy atom. The van der Waals surface area contributed by atoms with Gasteiger partial charge in [-0.2, -0.15) is 4.98 Å². The van der Waals surface area contributed by atoms with Gasteiger partial charge >= 0.3 is 5.97 Å². The lowest BCUT2D eigenvalue weighted by Crippen LogP contribution is -2.15. The normalized spacial score (nSPS) is 12.0. The van der Waals surface area contributed by atoms with Gasteiger partial charge in [-0.1, -0.05) is 30.3 Å². The standard InChI is InChI=1S/C23H23N5O4/c1-14(11-21(29)31-3)10-20-26-22(27-32-20)16-8-7-15(2)17(12-16)25-23(30)18-13-24-19-6-4-5-9-28(18)19/h4-9,12-14H,10-11H2,1-3H3,(H,25,30)/t14-/m1/s1. The Bertz CT molecular complexity index is 1280. The number of aryl methyl sites for hydroxylation is 1. The lowest BCUT2D eigenvalue weighted by Gasteiger charge is -2.09. The van der Waals surface area contributed by atoms with Crippen molar-refractivity contribution in [3.63, 3.8) is 0 Å². The van der Waals surface area contributed by atoms with E-state index in [1.54, 1.807) is 16.8 Å². The van der Waals surface area contributed by atoms with Crippen LogP contribution in [0.2, 0.25) is 0 Å². The molecule has 0 saturated carbocycles. The number of aromatic nitrogens is 4. The number of hydrogen-bond acceptors (Lipinski definition) is 7. The van der Waals surface area contributed by atoms with E-state index in [4.69, 9.17) is 9.26 Å². The number of rotatable bonds is 7. The summed E-state index contributed by atoms with van der Waals surface area (Å²) < 4.78 is 11.8. The highest BCUT2D eigenvalue weighted by Gasteiger charge is 2.17. The third-order valence-electron chi connectivity index (χ3n) is 5.13. The van der Waals surface area contributed by atoms with Gasteiger partial charge in [0.15, 0.2) is 0 Å². The summed E-state index contributed by atoms with van der Waals surface area (Å²) >= 11 is 0. The van der Waals surface area contributed by atoms with E-state index in [-0.39, 0.29) is 24.2 Å². The number of benzene rings is 1. The predicted molar refractivity (Wildman–Crippen MR) is 117 cm³/mol. The van der Waals surface area contributed by atoms with Crippen LogP contribution in [0.4, 0.5) is 5.69 Å². The van der Waals surface area contributed by atoms with E-state index in [9.17, 15) is 9.59 Å². The number of anilines is 1. The van der Waals surface area contributed by atoms with Gasteiger partial charge in [-0.15, -0.1) is 0 Å². The highest BCUT2D eigenvalue weighted by Crippen LogP contribution is 2.25. The average Bonchev–Trinajstić information content (AvgIpc) is 3.42. The molecular weight excluding hydrogens is 410 g/mol. The van der Waals surface area contributed by atoms with Crippen molar-refractivity contribution < 1.29 is 18.8 Å². The zero-order valence-corrected chi connectivity index (χ0v) is 18.0. The summed E-state index contributed by atoms with van der Waals surface area (Å²) in [5.74, 6) is 0.314. The molecular formula is C23H23N5O4. The summed E-state index contributed by atoms with van der Waals surface area (Å²) in [6, 6.07) is 11.1. The van der Waals surface area contributed by atoms with Gasteiger partial charge in [0.05, 0.1) is 13.3 Å². The van der Waals surface area contributed by atoms with E-state index in [1.807, 2.05) is 50.2 Å². The van der Waals surface area contributed by atoms with Crippen LogP contribution in [0, 0.1) is 12.8 Å². The van der Waals surface area contributed by atoms with Gasteiger partial charge in [-0.05, 0) is 36.6 Å². The molecule has 32 heavy (non-hydrogen) atoms. The van der Waals surface area contributed by atoms with Gasteiger partial charge in [0, 0.05) is 30.3 Å². The molecule has 0 aliphatic heterocycles. The number of carbonyl (C=O) groups excluding carboxylic acids is 2. The van der Waals surface area contributed by atoms with Crippen molar-refractivity contribution >= 4 is 23.2 Å². The van der Waals surface area contributed by atoms with Crippen molar-refractivity contribution in [1.82, 2.24) is 19.5 Å². The minimum atomic E-state index is -0.276. The van der Waals surface area contributed by atoms with Crippen LogP contribution >= 0.6 is 0 Å². The summed E-state index contributed by atoms with van der Waals surface area (Å²) in [6.45, 7) is 3.82. The molecule has 3 heterocycles. The van der Waals surface area contributed by atoms with E-state index in [0.717, 1.165) is 5.56 Å². The summed E-state index contributed by atoms with van der Waals surface area (Å²) in [5, 5.41) is 7.00. The van der Waals surface area contributed by atoms with Gasteiger partial charge in [0.1, 0.15) is 11.3 Å². The number of methoxy groups -OCH3 is 1. The van der Waals surface area contributed by atoms with E-state index in [2.05, 4.69) is 20.4 Å². The fraction of sp³-hybridized carbons (Fsp3) is 0.261. The van der Waals surface area contributed by atoms with Crippen LogP contribution in [0.3, 0.4) is 0 Å². The highest BCUT2D eigenvalue weighted by molar-refractivity contribution is 6.04. The summed E-state index contributed by atoms with van der Waals surface area (Å²) in [5.41, 5.74) is 3.38. The fourth-order valence-corrected chi connectivity index (χ4v) is 3.38. The lowest BCUT2D eigenvalue weighted by molar-refractivity contribution is -0.141. The number of fused-ring (bicyclic) bond motifs is 1. The highest BCUT2D eigenvalue weighted by atomic mass is 16.5. The van der Waals surface area contributed by atoms with Crippen molar-refractivity contribution in [1.29, 1.82) is 0 Å². The van der Waals surface area contributed by atoms with E-state index in [1.165, 1.54) is 7.11 Å². The number of hydrogen-bond donors (Lipinski definition) is 1. The molecule has 164 valence electrons. The van der Waals surface area contributed by atoms with Crippen LogP contribution in [0.25, 0.3) is 17.0 Å². The van der Waals surface area contributed by atoms with Crippen LogP contribution in [-0.4, -0.2) is 38.5 Å². The van der Waals surface area contributed by atoms with Crippen molar-refractivity contribution in [3.8, 4) is 11.4 Å². The predicted octanol–water partition coefficient (Wildman–Crippen LogP) is 3.69. The molecule has 4 aromatic rings. The van der Waals surface area contributed by atoms with Gasteiger partial charge in [0.25, 0.3) is 5.91 Å². The van der Waals surface area contributed by atoms with Crippen molar-refractivity contribution in [2.24, 2.45) is 5.92 Å². The molecule has 3 aromatic heterocycles. The second kappa shape index (κ2) is 9.01. The molecule has 1 N–H and O–H groups in total. The molecule has 9 heteroatoms. The molecule has 9 nitrogen and oxygen atoms in total. The van der Waals surface area contributed by atoms with Crippen LogP contribution in [-0.2, 0) is 16.0 Å². The molecule has 0 saturated heterocycles. The largest absolute Gasteiger partial charge is 0.469 e. The maximum absolute atomic E-state index is 12.9. The van der Waals surface area contributed by atoms with Crippen molar-refractivity contribution in [3.05, 3.63) is 65.9 Å². The number of ether oxygens (including phenoxy) is 1. The summed E-state index contributed by atoms with van der Waals surface area (Å²) in [6.07, 6.45) is 4.08. The SMILES string of the molecule is COC(=O)C[C@H](C)Cc1nc(-c2ccc(C)c(NC(=O)c3cnc4ccccn34)c2)no1. The molecule has 0 unspecified atom stereocenters. The first-order chi connectivity index (χ1) is 15.4. The maximum Gasteiger partial charge on any atom is 0.305 e. The fourth-order valence-electron chi connectivity index (χ4n) is 3.38. The van der Waals surface area contributed by atoms with Crippen LogP contribution in [0.5, 0.6) is 0 Å². The zero-order chi connectivity index (χ0) is 22.7. The van der Waals surface area contributed by atoms with E-state index in [0.29, 0.717) is 40.7 Å². The monoisotopic (exact) mass is 433 g/mol. The van der Waals surface area contributed by atoms with Crippen LogP contribution in [0.1, 0.15) is 35.3 Å². The first kappa shape index (κ1) is 21.2. The number of amides is 1. The van der Waals surface area contributed by atoms with Gasteiger partial charge < -0.3 is 14.6 Å². The Balaban J connectivity index is 1.51. The van der Waals surface area contributed by atoms with Gasteiger partial charge in [0.2, 0.25) is 11.7 Å². The van der Waals surface area contributed by atoms with Gasteiger partial charge in [-0.25, -0.2) is 4.98 Å². The summed E-state index contributed by atoms with van der Waals surface area (Å²) in [7, 11) is 1.36. The van der Waals surface area contributed by atoms with E-state index >= 15 is 0 Å². The smallest absolute Gasteiger partial charge is 0.305 e. The molecule has 0 spiro atoms. The first-order valence-corrected chi connectivity index (χ1v) is 10.2. The minimum absolute atomic E-state index is 0.00842. The second-order valence-corrected chi connectivity index (χ2v) is 7.66. The molecule has 0 bridgehead atoms. The molecule has 0 fully saturated rings. The average molecular weight is 433 g/mol. The second-order valence-electron chi connectivity index (χ2n) is 7.66. The molecule has 0 radical (unpaired) electrons. The maximum atomic E-state index is 12.9. The number of carbonyl (C=O) groups is 2. The summed E-state index contributed by atoms with van der Waals surface area (Å²) in [4.78, 5) is 33.0. The van der Waals surface area contributed by atoms with E-state index < -0.39 is 0 Å². The Morgan fingerprint density at radius 2 is 2.09 bits per heavy atom. The Labute approximate surface area is 184 Å². The van der Waals surface area contributed by atoms with Crippen LogP contribution in [0.15, 0.2) is 53.3 Å². The Kier molecular flexibility index (Phi) is 5.98. The molecule has 0 aliphatic carbocycles. The molecule has 1 atom stereocenters. The molecule has 0 aliphatic rings. The topological polar surface area (TPSA) is 112 Å². The lowest BCUT2D eigenvalue weighted by atomic mass is 10.0. The minimum Gasteiger partial charge on any atom is -0.469 e. The van der Waals surface area contributed by atoms with Crippen LogP contribution < -0.4 is 5.32 Å². The third kappa shape index (κ3) is 4.51. The quantitative estimate of drug-likeness (QED) is 0.442. The molecule has 1 aromatic carbocycles. The third-order valence-corrected chi connectivity index (χ3v) is 5.13. The molecule has 4 rings (SSSR count). The number of nitrogens with one attached hydrogen (secondary N) is 1. The Hall–Kier alpha value is -4.01. The number of pyridine rings is 1.